The third-order valence-corrected chi connectivity index (χ3v) is 5.45. The van der Waals surface area contributed by atoms with E-state index in [1.54, 1.807) is 4.90 Å². The number of nitrogens with one attached hydrogen (secondary N) is 1. The maximum atomic E-state index is 12.8. The van der Waals surface area contributed by atoms with Crippen molar-refractivity contribution in [2.24, 2.45) is 0 Å². The maximum Gasteiger partial charge on any atom is 0.318 e. The molecule has 0 unspecified atom stereocenters. The van der Waals surface area contributed by atoms with Crippen LogP contribution in [-0.4, -0.2) is 60.6 Å². The van der Waals surface area contributed by atoms with Gasteiger partial charge in [-0.3, -0.25) is 4.79 Å². The van der Waals surface area contributed by atoms with Gasteiger partial charge >= 0.3 is 6.03 Å². The summed E-state index contributed by atoms with van der Waals surface area (Å²) in [5, 5.41) is 2.91. The lowest BCUT2D eigenvalue weighted by Crippen LogP contribution is -2.52. The summed E-state index contributed by atoms with van der Waals surface area (Å²) < 4.78 is 5.79. The highest BCUT2D eigenvalue weighted by atomic mass is 16.5. The Bertz CT molecular complexity index is 671. The maximum absolute atomic E-state index is 12.8. The summed E-state index contributed by atoms with van der Waals surface area (Å²) in [6.07, 6.45) is 4.98. The summed E-state index contributed by atoms with van der Waals surface area (Å²) in [6.45, 7) is 7.17. The van der Waals surface area contributed by atoms with Crippen LogP contribution in [0.1, 0.15) is 43.2 Å². The van der Waals surface area contributed by atoms with E-state index in [0.29, 0.717) is 19.7 Å². The Morgan fingerprint density at radius 2 is 1.89 bits per heavy atom. The monoisotopic (exact) mass is 373 g/mol. The Morgan fingerprint density at radius 3 is 2.67 bits per heavy atom. The molecule has 0 spiro atoms. The van der Waals surface area contributed by atoms with Gasteiger partial charge in [0.15, 0.2) is 0 Å². The summed E-state index contributed by atoms with van der Waals surface area (Å²) in [5.74, 6) is 0.970. The topological polar surface area (TPSA) is 61.9 Å². The normalized spacial score (nSPS) is 19.9. The Labute approximate surface area is 161 Å². The Balaban J connectivity index is 1.46. The first-order chi connectivity index (χ1) is 13.1. The number of ether oxygens (including phenoxy) is 1. The number of urea groups is 1. The van der Waals surface area contributed by atoms with E-state index < -0.39 is 0 Å². The molecule has 3 rings (SSSR count). The average molecular weight is 373 g/mol. The van der Waals surface area contributed by atoms with E-state index in [0.717, 1.165) is 55.6 Å². The minimum atomic E-state index is -0.303. The number of amides is 3. The molecule has 1 atom stereocenters. The zero-order valence-corrected chi connectivity index (χ0v) is 16.5. The quantitative estimate of drug-likeness (QED) is 0.808. The van der Waals surface area contributed by atoms with Gasteiger partial charge in [0.25, 0.3) is 0 Å². The van der Waals surface area contributed by atoms with Crippen molar-refractivity contribution in [1.82, 2.24) is 15.1 Å². The molecule has 0 radical (unpaired) electrons. The molecule has 3 amide bonds. The summed E-state index contributed by atoms with van der Waals surface area (Å²) in [6, 6.07) is 5.63. The zero-order valence-electron chi connectivity index (χ0n) is 16.5. The third-order valence-electron chi connectivity index (χ3n) is 5.45. The number of benzene rings is 1. The van der Waals surface area contributed by atoms with Gasteiger partial charge in [0.1, 0.15) is 18.4 Å². The molecule has 0 saturated carbocycles. The van der Waals surface area contributed by atoms with Gasteiger partial charge < -0.3 is 19.9 Å². The van der Waals surface area contributed by atoms with Crippen molar-refractivity contribution < 1.29 is 14.3 Å². The number of nitrogens with zero attached hydrogens (tertiary/aromatic N) is 2. The molecule has 1 aromatic carbocycles. The SMILES string of the molecule is Cc1ccc(C)c(OCCNC(=O)N2CCC[C@H]2C(=O)N2CCCCC2)c1. The Morgan fingerprint density at radius 1 is 1.11 bits per heavy atom. The lowest BCUT2D eigenvalue weighted by molar-refractivity contribution is -0.136. The van der Waals surface area contributed by atoms with Gasteiger partial charge in [0.2, 0.25) is 5.91 Å². The van der Waals surface area contributed by atoms with Gasteiger partial charge in [-0.05, 0) is 63.1 Å². The predicted molar refractivity (Wildman–Crippen MR) is 105 cm³/mol. The van der Waals surface area contributed by atoms with Crippen molar-refractivity contribution in [3.05, 3.63) is 29.3 Å². The van der Waals surface area contributed by atoms with Crippen LogP contribution in [0.25, 0.3) is 0 Å². The van der Waals surface area contributed by atoms with Gasteiger partial charge in [-0.25, -0.2) is 4.79 Å². The Kier molecular flexibility index (Phi) is 6.58. The summed E-state index contributed by atoms with van der Waals surface area (Å²) in [5.41, 5.74) is 2.23. The molecule has 0 bridgehead atoms. The van der Waals surface area contributed by atoms with Crippen LogP contribution >= 0.6 is 0 Å². The number of carbonyl (C=O) groups is 2. The molecule has 2 heterocycles. The van der Waals surface area contributed by atoms with Crippen LogP contribution in [0.4, 0.5) is 4.79 Å². The minimum absolute atomic E-state index is 0.119. The van der Waals surface area contributed by atoms with E-state index in [2.05, 4.69) is 11.4 Å². The van der Waals surface area contributed by atoms with E-state index >= 15 is 0 Å². The highest BCUT2D eigenvalue weighted by Crippen LogP contribution is 2.22. The van der Waals surface area contributed by atoms with Crippen molar-refractivity contribution in [2.75, 3.05) is 32.8 Å². The molecule has 6 nitrogen and oxygen atoms in total. The fraction of sp³-hybridized carbons (Fsp3) is 0.619. The predicted octanol–water partition coefficient (Wildman–Crippen LogP) is 2.87. The number of aryl methyl sites for hydroxylation is 2. The van der Waals surface area contributed by atoms with Crippen LogP contribution < -0.4 is 10.1 Å². The van der Waals surface area contributed by atoms with Gasteiger partial charge in [0.05, 0.1) is 6.54 Å². The molecule has 2 aliphatic heterocycles. The van der Waals surface area contributed by atoms with Gasteiger partial charge in [-0.1, -0.05) is 12.1 Å². The number of likely N-dealkylation sites (tertiary alicyclic amines) is 2. The van der Waals surface area contributed by atoms with Crippen LogP contribution in [-0.2, 0) is 4.79 Å². The van der Waals surface area contributed by atoms with Crippen molar-refractivity contribution in [2.45, 2.75) is 52.0 Å². The molecule has 148 valence electrons. The smallest absolute Gasteiger partial charge is 0.318 e. The number of carbonyl (C=O) groups excluding carboxylic acids is 2. The largest absolute Gasteiger partial charge is 0.491 e. The lowest BCUT2D eigenvalue weighted by atomic mass is 10.1. The zero-order chi connectivity index (χ0) is 19.2. The fourth-order valence-electron chi connectivity index (χ4n) is 3.87. The summed E-state index contributed by atoms with van der Waals surface area (Å²) in [7, 11) is 0. The standard InChI is InChI=1S/C21H31N3O3/c1-16-8-9-17(2)19(15-16)27-14-10-22-21(26)24-13-6-7-18(24)20(25)23-11-4-3-5-12-23/h8-9,15,18H,3-7,10-14H2,1-2H3,(H,22,26)/t18-/m0/s1. The summed E-state index contributed by atoms with van der Waals surface area (Å²) >= 11 is 0. The third kappa shape index (κ3) is 4.93. The molecule has 0 aromatic heterocycles. The van der Waals surface area contributed by atoms with Crippen LogP contribution in [0.5, 0.6) is 5.75 Å². The molecule has 27 heavy (non-hydrogen) atoms. The van der Waals surface area contributed by atoms with Crippen molar-refractivity contribution in [1.29, 1.82) is 0 Å². The number of rotatable bonds is 5. The molecule has 2 aliphatic rings. The van der Waals surface area contributed by atoms with Crippen LogP contribution in [0, 0.1) is 13.8 Å². The van der Waals surface area contributed by atoms with Crippen LogP contribution in [0.2, 0.25) is 0 Å². The molecular formula is C21H31N3O3. The fourth-order valence-corrected chi connectivity index (χ4v) is 3.87. The van der Waals surface area contributed by atoms with E-state index in [9.17, 15) is 9.59 Å². The second-order valence-electron chi connectivity index (χ2n) is 7.59. The molecule has 0 aliphatic carbocycles. The highest BCUT2D eigenvalue weighted by molar-refractivity contribution is 5.87. The molecular weight excluding hydrogens is 342 g/mol. The molecule has 2 saturated heterocycles. The first-order valence-electron chi connectivity index (χ1n) is 10.1. The van der Waals surface area contributed by atoms with Crippen molar-refractivity contribution in [3.8, 4) is 5.75 Å². The highest BCUT2D eigenvalue weighted by Gasteiger charge is 2.36. The Hall–Kier alpha value is -2.24. The van der Waals surface area contributed by atoms with Crippen LogP contribution in [0.3, 0.4) is 0 Å². The summed E-state index contributed by atoms with van der Waals surface area (Å²) in [4.78, 5) is 29.0. The van der Waals surface area contributed by atoms with Gasteiger partial charge in [0, 0.05) is 19.6 Å². The van der Waals surface area contributed by atoms with Gasteiger partial charge in [-0.15, -0.1) is 0 Å². The number of hydrogen-bond acceptors (Lipinski definition) is 3. The molecule has 1 aromatic rings. The second kappa shape index (κ2) is 9.11. The first kappa shape index (κ1) is 19.5. The molecule has 1 N–H and O–H groups in total. The average Bonchev–Trinajstić information content (AvgIpc) is 3.17. The second-order valence-corrected chi connectivity index (χ2v) is 7.59. The van der Waals surface area contributed by atoms with E-state index in [1.807, 2.05) is 30.9 Å². The minimum Gasteiger partial charge on any atom is -0.491 e. The first-order valence-corrected chi connectivity index (χ1v) is 10.1. The lowest BCUT2D eigenvalue weighted by Gasteiger charge is -2.32. The van der Waals surface area contributed by atoms with E-state index in [1.165, 1.54) is 6.42 Å². The molecule has 2 fully saturated rings. The molecule has 6 heteroatoms. The van der Waals surface area contributed by atoms with E-state index in [-0.39, 0.29) is 18.0 Å². The van der Waals surface area contributed by atoms with Crippen molar-refractivity contribution in [3.63, 3.8) is 0 Å². The van der Waals surface area contributed by atoms with Crippen molar-refractivity contribution >= 4 is 11.9 Å². The number of piperidine rings is 1. The van der Waals surface area contributed by atoms with Crippen LogP contribution in [0.15, 0.2) is 18.2 Å². The van der Waals surface area contributed by atoms with Gasteiger partial charge in [-0.2, -0.15) is 0 Å². The number of hydrogen-bond donors (Lipinski definition) is 1. The van der Waals surface area contributed by atoms with E-state index in [4.69, 9.17) is 4.74 Å².